The van der Waals surface area contributed by atoms with Crippen molar-refractivity contribution in [3.8, 4) is 0 Å². The maximum absolute atomic E-state index is 12.0. The number of anilines is 1. The van der Waals surface area contributed by atoms with E-state index < -0.39 is 0 Å². The fourth-order valence-electron chi connectivity index (χ4n) is 2.33. The Labute approximate surface area is 122 Å². The highest BCUT2D eigenvalue weighted by Crippen LogP contribution is 2.29. The van der Waals surface area contributed by atoms with Gasteiger partial charge in [0.15, 0.2) is 5.13 Å². The maximum atomic E-state index is 12.0. The van der Waals surface area contributed by atoms with Gasteiger partial charge in [0.2, 0.25) is 0 Å². The molecule has 2 N–H and O–H groups in total. The van der Waals surface area contributed by atoms with Crippen LogP contribution in [0.1, 0.15) is 23.4 Å². The molecule has 1 fully saturated rings. The van der Waals surface area contributed by atoms with Crippen molar-refractivity contribution in [2.24, 2.45) is 0 Å². The molecule has 0 aromatic carbocycles. The Morgan fingerprint density at radius 3 is 3.00 bits per heavy atom. The Morgan fingerprint density at radius 2 is 2.26 bits per heavy atom. The lowest BCUT2D eigenvalue weighted by Gasteiger charge is -2.22. The van der Waals surface area contributed by atoms with Crippen LogP contribution in [0.3, 0.4) is 0 Å². The average molecular weight is 304 g/mol. The van der Waals surface area contributed by atoms with Crippen LogP contribution in [0.2, 0.25) is 0 Å². The highest BCUT2D eigenvalue weighted by atomic mass is 35.5. The van der Waals surface area contributed by atoms with Gasteiger partial charge in [-0.1, -0.05) is 0 Å². The first-order valence-corrected chi connectivity index (χ1v) is 7.26. The quantitative estimate of drug-likeness (QED) is 0.866. The Hall–Kier alpha value is -0.690. The number of nitrogens with one attached hydrogen (secondary N) is 2. The number of ether oxygens (including phenoxy) is 1. The van der Waals surface area contributed by atoms with Crippen molar-refractivity contribution in [1.29, 1.82) is 0 Å². The molecule has 7 heteroatoms. The van der Waals surface area contributed by atoms with Crippen LogP contribution in [0.25, 0.3) is 0 Å². The van der Waals surface area contributed by atoms with Gasteiger partial charge in [0.1, 0.15) is 6.10 Å². The number of hydrogen-bond acceptors (Lipinski definition) is 5. The summed E-state index contributed by atoms with van der Waals surface area (Å²) in [5.74, 6) is -0.0895. The van der Waals surface area contributed by atoms with E-state index >= 15 is 0 Å². The number of morpholine rings is 1. The zero-order chi connectivity index (χ0) is 12.4. The van der Waals surface area contributed by atoms with E-state index in [1.165, 1.54) is 23.4 Å². The Balaban J connectivity index is 0.00000133. The first-order chi connectivity index (χ1) is 8.83. The highest BCUT2D eigenvalue weighted by molar-refractivity contribution is 7.15. The normalized spacial score (nSPS) is 22.2. The molecule has 106 valence electrons. The average Bonchev–Trinajstić information content (AvgIpc) is 2.82. The van der Waals surface area contributed by atoms with Gasteiger partial charge in [0.25, 0.3) is 5.91 Å². The third-order valence-electron chi connectivity index (χ3n) is 3.30. The fraction of sp³-hybridized carbons (Fsp3) is 0.667. The molecule has 1 aromatic heterocycles. The van der Waals surface area contributed by atoms with Crippen molar-refractivity contribution in [3.63, 3.8) is 0 Å². The fourth-order valence-corrected chi connectivity index (χ4v) is 3.38. The van der Waals surface area contributed by atoms with Crippen LogP contribution in [-0.4, -0.2) is 36.7 Å². The smallest absolute Gasteiger partial charge is 0.256 e. The zero-order valence-corrected chi connectivity index (χ0v) is 12.2. The number of halogens is 1. The molecule has 3 rings (SSSR count). The van der Waals surface area contributed by atoms with Crippen molar-refractivity contribution >= 4 is 34.8 Å². The summed E-state index contributed by atoms with van der Waals surface area (Å²) in [6.07, 6.45) is 4.20. The topological polar surface area (TPSA) is 63.2 Å². The van der Waals surface area contributed by atoms with Gasteiger partial charge in [-0.25, -0.2) is 4.98 Å². The molecule has 1 saturated heterocycles. The second-order valence-corrected chi connectivity index (χ2v) is 5.73. The third kappa shape index (κ3) is 3.45. The molecule has 1 aliphatic heterocycles. The molecule has 1 atom stereocenters. The zero-order valence-electron chi connectivity index (χ0n) is 10.6. The third-order valence-corrected chi connectivity index (χ3v) is 4.37. The summed E-state index contributed by atoms with van der Waals surface area (Å²) in [6, 6.07) is 0. The van der Waals surface area contributed by atoms with E-state index in [1.54, 1.807) is 11.3 Å². The Kier molecular flexibility index (Phi) is 5.15. The summed E-state index contributed by atoms with van der Waals surface area (Å²) in [5, 5.41) is 6.74. The molecule has 0 saturated carbocycles. The predicted molar refractivity (Wildman–Crippen MR) is 77.2 cm³/mol. The largest absolute Gasteiger partial charge is 0.366 e. The van der Waals surface area contributed by atoms with Gasteiger partial charge in [-0.3, -0.25) is 10.1 Å². The minimum Gasteiger partial charge on any atom is -0.366 e. The molecule has 1 aliphatic carbocycles. The van der Waals surface area contributed by atoms with Gasteiger partial charge in [0, 0.05) is 18.0 Å². The number of carbonyl (C=O) groups excluding carboxylic acids is 1. The second-order valence-electron chi connectivity index (χ2n) is 4.65. The number of aromatic nitrogens is 1. The lowest BCUT2D eigenvalue weighted by molar-refractivity contribution is -0.128. The van der Waals surface area contributed by atoms with Crippen LogP contribution in [0.15, 0.2) is 0 Å². The van der Waals surface area contributed by atoms with Gasteiger partial charge >= 0.3 is 0 Å². The van der Waals surface area contributed by atoms with Crippen LogP contribution in [0, 0.1) is 0 Å². The lowest BCUT2D eigenvalue weighted by atomic mass is 10.0. The first kappa shape index (κ1) is 14.7. The summed E-state index contributed by atoms with van der Waals surface area (Å²) in [4.78, 5) is 17.8. The van der Waals surface area contributed by atoms with Crippen LogP contribution < -0.4 is 10.6 Å². The van der Waals surface area contributed by atoms with E-state index in [0.29, 0.717) is 13.2 Å². The number of fused-ring (bicyclic) bond motifs is 1. The lowest BCUT2D eigenvalue weighted by Crippen LogP contribution is -2.45. The minimum atomic E-state index is -0.389. The number of nitrogens with zero attached hydrogens (tertiary/aromatic N) is 1. The second kappa shape index (κ2) is 6.65. The molecule has 0 bridgehead atoms. The maximum Gasteiger partial charge on any atom is 0.256 e. The van der Waals surface area contributed by atoms with Crippen molar-refractivity contribution in [1.82, 2.24) is 10.3 Å². The highest BCUT2D eigenvalue weighted by Gasteiger charge is 2.23. The summed E-state index contributed by atoms with van der Waals surface area (Å²) >= 11 is 1.61. The molecular formula is C12H18ClN3O2S. The molecule has 0 radical (unpaired) electrons. The molecule has 1 amide bonds. The van der Waals surface area contributed by atoms with Gasteiger partial charge in [-0.05, 0) is 25.7 Å². The monoisotopic (exact) mass is 303 g/mol. The summed E-state index contributed by atoms with van der Waals surface area (Å²) < 4.78 is 5.42. The van der Waals surface area contributed by atoms with E-state index in [2.05, 4.69) is 15.6 Å². The van der Waals surface area contributed by atoms with Crippen molar-refractivity contribution in [2.45, 2.75) is 31.8 Å². The van der Waals surface area contributed by atoms with E-state index in [1.807, 2.05) is 0 Å². The van der Waals surface area contributed by atoms with Gasteiger partial charge < -0.3 is 10.1 Å². The summed E-state index contributed by atoms with van der Waals surface area (Å²) in [5.41, 5.74) is 1.17. The molecule has 0 spiro atoms. The standard InChI is InChI=1S/C12H17N3O2S.ClH/c16-11(9-7-13-5-6-17-9)15-12-14-8-3-1-2-4-10(8)18-12;/h9,13H,1-7H2,(H,14,15,16);1H. The van der Waals surface area contributed by atoms with E-state index in [4.69, 9.17) is 4.74 Å². The van der Waals surface area contributed by atoms with Gasteiger partial charge in [0.05, 0.1) is 12.3 Å². The molecule has 2 heterocycles. The van der Waals surface area contributed by atoms with Crippen LogP contribution in [0.5, 0.6) is 0 Å². The molecule has 2 aliphatic rings. The first-order valence-electron chi connectivity index (χ1n) is 6.45. The van der Waals surface area contributed by atoms with E-state index in [-0.39, 0.29) is 24.4 Å². The Bertz CT molecular complexity index is 423. The number of amides is 1. The van der Waals surface area contributed by atoms with Crippen molar-refractivity contribution in [2.75, 3.05) is 25.0 Å². The SMILES string of the molecule is Cl.O=C(Nc1nc2c(s1)CCCC2)C1CNCCO1. The van der Waals surface area contributed by atoms with Crippen molar-refractivity contribution in [3.05, 3.63) is 10.6 Å². The van der Waals surface area contributed by atoms with E-state index in [9.17, 15) is 4.79 Å². The minimum absolute atomic E-state index is 0. The number of aryl methyl sites for hydroxylation is 2. The Morgan fingerprint density at radius 1 is 1.42 bits per heavy atom. The van der Waals surface area contributed by atoms with Crippen LogP contribution >= 0.6 is 23.7 Å². The molecular weight excluding hydrogens is 286 g/mol. The van der Waals surface area contributed by atoms with Crippen LogP contribution in [0.4, 0.5) is 5.13 Å². The molecule has 5 nitrogen and oxygen atoms in total. The van der Waals surface area contributed by atoms with Crippen LogP contribution in [-0.2, 0) is 22.4 Å². The number of thiazole rings is 1. The molecule has 1 unspecified atom stereocenters. The number of carbonyl (C=O) groups is 1. The van der Waals surface area contributed by atoms with E-state index in [0.717, 1.165) is 24.5 Å². The predicted octanol–water partition coefficient (Wildman–Crippen LogP) is 1.37. The van der Waals surface area contributed by atoms with Crippen molar-refractivity contribution < 1.29 is 9.53 Å². The molecule has 1 aromatic rings. The number of rotatable bonds is 2. The van der Waals surface area contributed by atoms with Gasteiger partial charge in [-0.15, -0.1) is 23.7 Å². The van der Waals surface area contributed by atoms with Gasteiger partial charge in [-0.2, -0.15) is 0 Å². The summed E-state index contributed by atoms with van der Waals surface area (Å²) in [7, 11) is 0. The molecule has 19 heavy (non-hydrogen) atoms. The number of hydrogen-bond donors (Lipinski definition) is 2. The summed E-state index contributed by atoms with van der Waals surface area (Å²) in [6.45, 7) is 1.98.